The number of aromatic nitrogens is 2. The Labute approximate surface area is 169 Å². The maximum atomic E-state index is 12.9. The minimum absolute atomic E-state index is 0.115. The number of hydrogen-bond donors (Lipinski definition) is 1. The number of hydrogen-bond acceptors (Lipinski definition) is 4. The molecule has 4 aromatic rings. The molecule has 5 heteroatoms. The van der Waals surface area contributed by atoms with Crippen LogP contribution < -0.4 is 15.0 Å². The number of methoxy groups -OCH3 is 2. The maximum Gasteiger partial charge on any atom is 0.252 e. The van der Waals surface area contributed by atoms with Crippen LogP contribution in [0.1, 0.15) is 16.8 Å². The lowest BCUT2D eigenvalue weighted by atomic mass is 9.97. The molecule has 0 radical (unpaired) electrons. The van der Waals surface area contributed by atoms with Crippen LogP contribution in [0.2, 0.25) is 0 Å². The third-order valence-corrected chi connectivity index (χ3v) is 5.12. The van der Waals surface area contributed by atoms with Gasteiger partial charge in [-0.2, -0.15) is 0 Å². The molecular formula is C24H22N2O3. The van der Waals surface area contributed by atoms with E-state index in [9.17, 15) is 4.79 Å². The summed E-state index contributed by atoms with van der Waals surface area (Å²) in [4.78, 5) is 20.3. The van der Waals surface area contributed by atoms with Crippen molar-refractivity contribution in [2.45, 2.75) is 13.3 Å². The van der Waals surface area contributed by atoms with E-state index < -0.39 is 0 Å². The highest BCUT2D eigenvalue weighted by atomic mass is 16.5. The summed E-state index contributed by atoms with van der Waals surface area (Å²) in [6.45, 7) is 1.90. The number of nitrogens with one attached hydrogen (secondary N) is 1. The zero-order chi connectivity index (χ0) is 20.4. The summed E-state index contributed by atoms with van der Waals surface area (Å²) in [5, 5.41) is 1.87. The van der Waals surface area contributed by atoms with Gasteiger partial charge in [-0.25, -0.2) is 4.98 Å². The minimum atomic E-state index is -0.115. The molecule has 0 atom stereocenters. The van der Waals surface area contributed by atoms with Gasteiger partial charge < -0.3 is 14.5 Å². The Morgan fingerprint density at radius 3 is 2.45 bits per heavy atom. The molecule has 0 aliphatic heterocycles. The molecule has 0 fully saturated rings. The van der Waals surface area contributed by atoms with Gasteiger partial charge in [-0.15, -0.1) is 0 Å². The third kappa shape index (κ3) is 3.59. The van der Waals surface area contributed by atoms with Crippen LogP contribution in [0.3, 0.4) is 0 Å². The van der Waals surface area contributed by atoms with Crippen LogP contribution in [-0.4, -0.2) is 24.2 Å². The molecular weight excluding hydrogens is 364 g/mol. The lowest BCUT2D eigenvalue weighted by Gasteiger charge is -2.13. The van der Waals surface area contributed by atoms with E-state index in [1.807, 2.05) is 61.5 Å². The van der Waals surface area contributed by atoms with Crippen molar-refractivity contribution in [3.05, 3.63) is 88.0 Å². The van der Waals surface area contributed by atoms with Gasteiger partial charge in [0.05, 0.1) is 14.2 Å². The summed E-state index contributed by atoms with van der Waals surface area (Å²) in [6, 6.07) is 17.8. The van der Waals surface area contributed by atoms with Crippen LogP contribution in [0.5, 0.6) is 11.6 Å². The lowest BCUT2D eigenvalue weighted by molar-refractivity contribution is 0.393. The van der Waals surface area contributed by atoms with E-state index in [4.69, 9.17) is 9.47 Å². The van der Waals surface area contributed by atoms with E-state index in [1.165, 1.54) is 0 Å². The number of rotatable bonds is 5. The van der Waals surface area contributed by atoms with Gasteiger partial charge in [-0.1, -0.05) is 30.3 Å². The largest absolute Gasteiger partial charge is 0.497 e. The van der Waals surface area contributed by atoms with Gasteiger partial charge in [0.15, 0.2) is 0 Å². The smallest absolute Gasteiger partial charge is 0.252 e. The highest BCUT2D eigenvalue weighted by Crippen LogP contribution is 2.29. The summed E-state index contributed by atoms with van der Waals surface area (Å²) in [7, 11) is 3.21. The molecule has 0 saturated heterocycles. The molecule has 0 aliphatic rings. The maximum absolute atomic E-state index is 12.9. The molecule has 29 heavy (non-hydrogen) atoms. The fourth-order valence-corrected chi connectivity index (χ4v) is 3.63. The van der Waals surface area contributed by atoms with E-state index in [-0.39, 0.29) is 5.56 Å². The molecule has 1 N–H and O–H groups in total. The third-order valence-electron chi connectivity index (χ3n) is 5.12. The van der Waals surface area contributed by atoms with Gasteiger partial charge in [0.1, 0.15) is 5.75 Å². The Hall–Kier alpha value is -3.60. The topological polar surface area (TPSA) is 64.2 Å². The van der Waals surface area contributed by atoms with Crippen LogP contribution in [0.25, 0.3) is 21.9 Å². The van der Waals surface area contributed by atoms with Gasteiger partial charge in [0, 0.05) is 40.4 Å². The highest BCUT2D eigenvalue weighted by molar-refractivity contribution is 5.88. The summed E-state index contributed by atoms with van der Waals surface area (Å²) in [5.41, 5.74) is 4.28. The van der Waals surface area contributed by atoms with E-state index in [2.05, 4.69) is 9.97 Å². The molecule has 0 bridgehead atoms. The number of ether oxygens (including phenoxy) is 2. The monoisotopic (exact) mass is 386 g/mol. The number of nitrogens with zero attached hydrogens (tertiary/aromatic N) is 1. The van der Waals surface area contributed by atoms with Gasteiger partial charge in [0.2, 0.25) is 5.88 Å². The summed E-state index contributed by atoms with van der Waals surface area (Å²) < 4.78 is 10.9. The minimum Gasteiger partial charge on any atom is -0.497 e. The average Bonchev–Trinajstić information content (AvgIpc) is 2.76. The van der Waals surface area contributed by atoms with Crippen LogP contribution in [-0.2, 0) is 6.42 Å². The molecule has 0 aliphatic carbocycles. The Kier molecular flexibility index (Phi) is 5.04. The molecule has 0 unspecified atom stereocenters. The van der Waals surface area contributed by atoms with Crippen LogP contribution in [0.4, 0.5) is 0 Å². The second-order valence-corrected chi connectivity index (χ2v) is 6.90. The first-order chi connectivity index (χ1) is 14.1. The van der Waals surface area contributed by atoms with Crippen molar-refractivity contribution in [1.29, 1.82) is 0 Å². The SMILES string of the molecule is COc1ccc2c(C)[nH]c(=O)c(Cc3cc(-c4ccccc4)cnc3OC)c2c1. The first-order valence-electron chi connectivity index (χ1n) is 9.38. The van der Waals surface area contributed by atoms with Crippen molar-refractivity contribution in [1.82, 2.24) is 9.97 Å². The molecule has 2 heterocycles. The fourth-order valence-electron chi connectivity index (χ4n) is 3.63. The van der Waals surface area contributed by atoms with Gasteiger partial charge in [-0.3, -0.25) is 4.79 Å². The van der Waals surface area contributed by atoms with Crippen molar-refractivity contribution in [3.8, 4) is 22.8 Å². The number of H-pyrrole nitrogens is 1. The van der Waals surface area contributed by atoms with Crippen LogP contribution in [0, 0.1) is 6.92 Å². The summed E-state index contributed by atoms with van der Waals surface area (Å²) >= 11 is 0. The number of fused-ring (bicyclic) bond motifs is 1. The molecule has 0 spiro atoms. The van der Waals surface area contributed by atoms with Gasteiger partial charge in [-0.05, 0) is 42.1 Å². The predicted octanol–water partition coefficient (Wildman–Crippen LogP) is 4.51. The molecule has 146 valence electrons. The van der Waals surface area contributed by atoms with Crippen LogP contribution in [0.15, 0.2) is 65.6 Å². The summed E-state index contributed by atoms with van der Waals surface area (Å²) in [5.74, 6) is 1.23. The van der Waals surface area contributed by atoms with E-state index >= 15 is 0 Å². The Bertz CT molecular complexity index is 1230. The molecule has 4 rings (SSSR count). The van der Waals surface area contributed by atoms with Crippen molar-refractivity contribution < 1.29 is 9.47 Å². The Morgan fingerprint density at radius 1 is 0.931 bits per heavy atom. The quantitative estimate of drug-likeness (QED) is 0.548. The van der Waals surface area contributed by atoms with Crippen LogP contribution >= 0.6 is 0 Å². The first-order valence-corrected chi connectivity index (χ1v) is 9.38. The van der Waals surface area contributed by atoms with E-state index in [1.54, 1.807) is 20.4 Å². The van der Waals surface area contributed by atoms with Crippen molar-refractivity contribution in [2.75, 3.05) is 14.2 Å². The average molecular weight is 386 g/mol. The number of pyridine rings is 2. The van der Waals surface area contributed by atoms with Crippen molar-refractivity contribution >= 4 is 10.8 Å². The molecule has 5 nitrogen and oxygen atoms in total. The standard InChI is InChI=1S/C24H22N2O3/c1-15-20-10-9-19(28-2)13-21(20)22(23(27)26-15)12-17-11-18(14-25-24(17)29-3)16-7-5-4-6-8-16/h4-11,13-14H,12H2,1-3H3,(H,26,27). The number of benzene rings is 2. The van der Waals surface area contributed by atoms with E-state index in [0.717, 1.165) is 33.2 Å². The second kappa shape index (κ2) is 7.80. The molecule has 0 saturated carbocycles. The zero-order valence-corrected chi connectivity index (χ0v) is 16.7. The fraction of sp³-hybridized carbons (Fsp3) is 0.167. The Morgan fingerprint density at radius 2 is 1.72 bits per heavy atom. The number of aryl methyl sites for hydroxylation is 1. The Balaban J connectivity index is 1.87. The zero-order valence-electron chi connectivity index (χ0n) is 16.7. The van der Waals surface area contributed by atoms with Gasteiger partial charge >= 0.3 is 0 Å². The highest BCUT2D eigenvalue weighted by Gasteiger charge is 2.15. The first kappa shape index (κ1) is 18.7. The summed E-state index contributed by atoms with van der Waals surface area (Å²) in [6.07, 6.45) is 2.19. The predicted molar refractivity (Wildman–Crippen MR) is 115 cm³/mol. The number of aromatic amines is 1. The van der Waals surface area contributed by atoms with Crippen molar-refractivity contribution in [2.24, 2.45) is 0 Å². The second-order valence-electron chi connectivity index (χ2n) is 6.90. The lowest BCUT2D eigenvalue weighted by Crippen LogP contribution is -2.15. The van der Waals surface area contributed by atoms with E-state index in [0.29, 0.717) is 23.6 Å². The normalized spacial score (nSPS) is 10.9. The van der Waals surface area contributed by atoms with Gasteiger partial charge in [0.25, 0.3) is 5.56 Å². The van der Waals surface area contributed by atoms with Crippen molar-refractivity contribution in [3.63, 3.8) is 0 Å². The molecule has 0 amide bonds. The molecule has 2 aromatic carbocycles. The molecule has 2 aromatic heterocycles.